The Kier molecular flexibility index (Phi) is 5.35. The van der Waals surface area contributed by atoms with Gasteiger partial charge in [-0.25, -0.2) is 0 Å². The molecule has 0 fully saturated rings. The van der Waals surface area contributed by atoms with Gasteiger partial charge in [0.1, 0.15) is 8.07 Å². The van der Waals surface area contributed by atoms with Crippen molar-refractivity contribution < 1.29 is 4.79 Å². The molecular formula is C9H16OSSi. The Bertz CT molecular complexity index is 207. The maximum atomic E-state index is 11.1. The molecule has 0 radical (unpaired) electrons. The zero-order chi connectivity index (χ0) is 9.61. The second-order valence-corrected chi connectivity index (χ2v) is 9.40. The normalized spacial score (nSPS) is 10.3. The fraction of sp³-hybridized carbons (Fsp3) is 0.667. The van der Waals surface area contributed by atoms with E-state index in [1.807, 2.05) is 6.26 Å². The maximum absolute atomic E-state index is 11.1. The minimum atomic E-state index is -1.35. The average Bonchev–Trinajstić information content (AvgIpc) is 1.95. The zero-order valence-corrected chi connectivity index (χ0v) is 10.0. The third-order valence-electron chi connectivity index (χ3n) is 1.11. The number of hydrogen-bond donors (Lipinski definition) is 0. The molecule has 0 rings (SSSR count). The number of carbonyl (C=O) groups is 1. The predicted octanol–water partition coefficient (Wildman–Crippen LogP) is 2.19. The van der Waals surface area contributed by atoms with Crippen molar-refractivity contribution in [3.63, 3.8) is 0 Å². The van der Waals surface area contributed by atoms with Gasteiger partial charge < -0.3 is 0 Å². The fourth-order valence-corrected chi connectivity index (χ4v) is 1.42. The van der Waals surface area contributed by atoms with Crippen LogP contribution in [0.1, 0.15) is 6.42 Å². The molecule has 0 spiro atoms. The van der Waals surface area contributed by atoms with Crippen molar-refractivity contribution in [3.05, 3.63) is 0 Å². The summed E-state index contributed by atoms with van der Waals surface area (Å²) >= 11 is 1.69. The molecule has 0 aliphatic rings. The van der Waals surface area contributed by atoms with Gasteiger partial charge in [0.05, 0.1) is 0 Å². The molecule has 0 unspecified atom stereocenters. The van der Waals surface area contributed by atoms with Crippen molar-refractivity contribution in [2.45, 2.75) is 26.1 Å². The van der Waals surface area contributed by atoms with E-state index in [2.05, 4.69) is 31.1 Å². The highest BCUT2D eigenvalue weighted by atomic mass is 32.2. The van der Waals surface area contributed by atoms with Gasteiger partial charge >= 0.3 is 0 Å². The minimum Gasteiger partial charge on any atom is -0.285 e. The van der Waals surface area contributed by atoms with Gasteiger partial charge in [0.2, 0.25) is 5.78 Å². The highest BCUT2D eigenvalue weighted by Crippen LogP contribution is 1.98. The van der Waals surface area contributed by atoms with Crippen LogP contribution in [0.3, 0.4) is 0 Å². The topological polar surface area (TPSA) is 17.1 Å². The van der Waals surface area contributed by atoms with Gasteiger partial charge in [0, 0.05) is 12.2 Å². The number of carbonyl (C=O) groups excluding carboxylic acids is 1. The summed E-state index contributed by atoms with van der Waals surface area (Å²) in [5.41, 5.74) is 3.06. The van der Waals surface area contributed by atoms with Crippen LogP contribution in [0.2, 0.25) is 19.6 Å². The standard InChI is InChI=1S/C9H16OSSi/c1-11-7-5-9(10)6-8-12(2,3)4/h5,7H2,1-4H3. The van der Waals surface area contributed by atoms with Crippen LogP contribution in [-0.2, 0) is 4.79 Å². The smallest absolute Gasteiger partial charge is 0.205 e. The van der Waals surface area contributed by atoms with Crippen LogP contribution in [0.5, 0.6) is 0 Å². The highest BCUT2D eigenvalue weighted by Gasteiger charge is 2.08. The van der Waals surface area contributed by atoms with Crippen molar-refractivity contribution in [1.29, 1.82) is 0 Å². The van der Waals surface area contributed by atoms with E-state index < -0.39 is 8.07 Å². The van der Waals surface area contributed by atoms with E-state index in [0.717, 1.165) is 5.75 Å². The van der Waals surface area contributed by atoms with Crippen LogP contribution >= 0.6 is 11.8 Å². The summed E-state index contributed by atoms with van der Waals surface area (Å²) in [5, 5.41) is 0. The van der Waals surface area contributed by atoms with Gasteiger partial charge in [-0.3, -0.25) is 4.79 Å². The van der Waals surface area contributed by atoms with E-state index in [4.69, 9.17) is 0 Å². The molecule has 0 aliphatic carbocycles. The predicted molar refractivity (Wildman–Crippen MR) is 59.1 cm³/mol. The fourth-order valence-electron chi connectivity index (χ4n) is 0.514. The van der Waals surface area contributed by atoms with E-state index in [9.17, 15) is 4.79 Å². The summed E-state index contributed by atoms with van der Waals surface area (Å²) in [6.07, 6.45) is 2.60. The Morgan fingerprint density at radius 2 is 2.00 bits per heavy atom. The van der Waals surface area contributed by atoms with Crippen LogP contribution in [0.4, 0.5) is 0 Å². The van der Waals surface area contributed by atoms with E-state index in [0.29, 0.717) is 6.42 Å². The first-order chi connectivity index (χ1) is 5.45. The summed E-state index contributed by atoms with van der Waals surface area (Å²) in [7, 11) is -1.35. The van der Waals surface area contributed by atoms with Crippen molar-refractivity contribution in [2.24, 2.45) is 0 Å². The second-order valence-electron chi connectivity index (χ2n) is 3.67. The van der Waals surface area contributed by atoms with Gasteiger partial charge in [-0.05, 0) is 12.2 Å². The summed E-state index contributed by atoms with van der Waals surface area (Å²) in [5.74, 6) is 3.69. The van der Waals surface area contributed by atoms with Crippen molar-refractivity contribution in [2.75, 3.05) is 12.0 Å². The number of Topliss-reactive ketones (excluding diaryl/α,β-unsaturated/α-hetero) is 1. The molecule has 3 heteroatoms. The molecule has 0 aromatic carbocycles. The van der Waals surface area contributed by atoms with E-state index in [1.165, 1.54) is 0 Å². The summed E-state index contributed by atoms with van der Waals surface area (Å²) in [4.78, 5) is 11.1. The number of thioether (sulfide) groups is 1. The SMILES string of the molecule is CSCCC(=O)C#C[Si](C)(C)C. The third-order valence-corrected chi connectivity index (χ3v) is 2.60. The first-order valence-corrected chi connectivity index (χ1v) is 8.90. The quantitative estimate of drug-likeness (QED) is 0.513. The molecular weight excluding hydrogens is 184 g/mol. The Morgan fingerprint density at radius 3 is 2.42 bits per heavy atom. The van der Waals surface area contributed by atoms with Gasteiger partial charge in [0.15, 0.2) is 0 Å². The van der Waals surface area contributed by atoms with Gasteiger partial charge in [-0.15, -0.1) is 5.54 Å². The van der Waals surface area contributed by atoms with Gasteiger partial charge in [-0.1, -0.05) is 19.6 Å². The maximum Gasteiger partial charge on any atom is 0.205 e. The molecule has 68 valence electrons. The molecule has 1 nitrogen and oxygen atoms in total. The van der Waals surface area contributed by atoms with Gasteiger partial charge in [0.25, 0.3) is 0 Å². The van der Waals surface area contributed by atoms with Crippen LogP contribution in [0, 0.1) is 11.5 Å². The monoisotopic (exact) mass is 200 g/mol. The van der Waals surface area contributed by atoms with E-state index in [-0.39, 0.29) is 5.78 Å². The molecule has 0 saturated heterocycles. The van der Waals surface area contributed by atoms with Crippen LogP contribution in [0.15, 0.2) is 0 Å². The largest absolute Gasteiger partial charge is 0.285 e. The Morgan fingerprint density at radius 1 is 1.42 bits per heavy atom. The molecule has 0 atom stereocenters. The first kappa shape index (κ1) is 11.8. The first-order valence-electron chi connectivity index (χ1n) is 4.00. The summed E-state index contributed by atoms with van der Waals surface area (Å²) < 4.78 is 0. The Balaban J connectivity index is 3.88. The molecule has 0 aliphatic heterocycles. The van der Waals surface area contributed by atoms with Crippen molar-refractivity contribution in [3.8, 4) is 11.5 Å². The number of rotatable bonds is 3. The number of hydrogen-bond acceptors (Lipinski definition) is 2. The minimum absolute atomic E-state index is 0.0896. The van der Waals surface area contributed by atoms with E-state index >= 15 is 0 Å². The van der Waals surface area contributed by atoms with Crippen LogP contribution in [-0.4, -0.2) is 25.9 Å². The zero-order valence-electron chi connectivity index (χ0n) is 8.23. The van der Waals surface area contributed by atoms with Crippen LogP contribution < -0.4 is 0 Å². The highest BCUT2D eigenvalue weighted by molar-refractivity contribution is 7.98. The van der Waals surface area contributed by atoms with Gasteiger partial charge in [-0.2, -0.15) is 11.8 Å². The lowest BCUT2D eigenvalue weighted by atomic mass is 10.3. The molecule has 0 N–H and O–H groups in total. The Hall–Kier alpha value is -0.203. The summed E-state index contributed by atoms with van der Waals surface area (Å²) in [6, 6.07) is 0. The van der Waals surface area contributed by atoms with E-state index in [1.54, 1.807) is 11.8 Å². The second kappa shape index (κ2) is 5.44. The Labute approximate surface area is 80.3 Å². The molecule has 0 bridgehead atoms. The summed E-state index contributed by atoms with van der Waals surface area (Å²) in [6.45, 7) is 6.42. The average molecular weight is 200 g/mol. The molecule has 0 aromatic rings. The lowest BCUT2D eigenvalue weighted by Gasteiger charge is -2.02. The molecule has 0 heterocycles. The lowest BCUT2D eigenvalue weighted by Crippen LogP contribution is -2.17. The molecule has 0 saturated carbocycles. The van der Waals surface area contributed by atoms with Crippen molar-refractivity contribution in [1.82, 2.24) is 0 Å². The lowest BCUT2D eigenvalue weighted by molar-refractivity contribution is -0.113. The van der Waals surface area contributed by atoms with Crippen molar-refractivity contribution >= 4 is 25.6 Å². The number of ketones is 1. The molecule has 0 amide bonds. The third kappa shape index (κ3) is 7.90. The van der Waals surface area contributed by atoms with Crippen LogP contribution in [0.25, 0.3) is 0 Å². The molecule has 12 heavy (non-hydrogen) atoms. The molecule has 0 aromatic heterocycles.